The maximum Gasteiger partial charge on any atom is 0.173 e. The molecule has 1 heterocycles. The van der Waals surface area contributed by atoms with E-state index in [0.29, 0.717) is 10.3 Å². The molecule has 0 atom stereocenters. The van der Waals surface area contributed by atoms with Gasteiger partial charge in [0.25, 0.3) is 0 Å². The zero-order chi connectivity index (χ0) is 15.0. The number of benzene rings is 2. The lowest BCUT2D eigenvalue weighted by molar-refractivity contribution is 0.0986. The van der Waals surface area contributed by atoms with Crippen molar-refractivity contribution in [3.05, 3.63) is 64.1 Å². The fourth-order valence-electron chi connectivity index (χ4n) is 2.30. The van der Waals surface area contributed by atoms with Gasteiger partial charge in [-0.1, -0.05) is 28.1 Å². The first kappa shape index (κ1) is 13.9. The van der Waals surface area contributed by atoms with Crippen molar-refractivity contribution in [2.24, 2.45) is 7.05 Å². The molecule has 21 heavy (non-hydrogen) atoms. The average molecular weight is 347 g/mol. The van der Waals surface area contributed by atoms with Gasteiger partial charge in [0.15, 0.2) is 5.78 Å². The normalized spacial score (nSPS) is 11.0. The predicted molar refractivity (Wildman–Crippen MR) is 82.8 cm³/mol. The quantitative estimate of drug-likeness (QED) is 0.674. The molecule has 0 aliphatic heterocycles. The highest BCUT2D eigenvalue weighted by atomic mass is 79.9. The van der Waals surface area contributed by atoms with Crippen LogP contribution in [0.25, 0.3) is 11.0 Å². The SMILES string of the molecule is Cn1c(CC(=O)c2cc(Br)ccc2F)nc2ccccc21. The largest absolute Gasteiger partial charge is 0.331 e. The Labute approximate surface area is 129 Å². The zero-order valence-electron chi connectivity index (χ0n) is 11.3. The molecule has 3 nitrogen and oxygen atoms in total. The molecule has 3 rings (SSSR count). The van der Waals surface area contributed by atoms with E-state index in [9.17, 15) is 9.18 Å². The number of carbonyl (C=O) groups is 1. The number of ketones is 1. The highest BCUT2D eigenvalue weighted by Gasteiger charge is 2.16. The molecule has 0 saturated heterocycles. The Morgan fingerprint density at radius 2 is 2.05 bits per heavy atom. The number of para-hydroxylation sites is 2. The second-order valence-electron chi connectivity index (χ2n) is 4.80. The number of aromatic nitrogens is 2. The topological polar surface area (TPSA) is 34.9 Å². The third-order valence-electron chi connectivity index (χ3n) is 3.43. The fraction of sp³-hybridized carbons (Fsp3) is 0.125. The second kappa shape index (κ2) is 5.41. The van der Waals surface area contributed by atoms with Crippen molar-refractivity contribution in [2.75, 3.05) is 0 Å². The van der Waals surface area contributed by atoms with Crippen molar-refractivity contribution in [3.63, 3.8) is 0 Å². The van der Waals surface area contributed by atoms with Gasteiger partial charge in [0.05, 0.1) is 23.0 Å². The van der Waals surface area contributed by atoms with Gasteiger partial charge in [0.2, 0.25) is 0 Å². The standard InChI is InChI=1S/C16H12BrFN2O/c1-20-14-5-3-2-4-13(14)19-16(20)9-15(21)11-8-10(17)6-7-12(11)18/h2-8H,9H2,1H3. The van der Waals surface area contributed by atoms with Crippen LogP contribution >= 0.6 is 15.9 Å². The summed E-state index contributed by atoms with van der Waals surface area (Å²) < 4.78 is 16.3. The summed E-state index contributed by atoms with van der Waals surface area (Å²) in [6, 6.07) is 12.0. The maximum absolute atomic E-state index is 13.8. The zero-order valence-corrected chi connectivity index (χ0v) is 12.9. The number of nitrogens with zero attached hydrogens (tertiary/aromatic N) is 2. The first-order valence-electron chi connectivity index (χ1n) is 6.45. The lowest BCUT2D eigenvalue weighted by Gasteiger charge is -2.04. The Bertz CT molecular complexity index is 841. The molecular formula is C16H12BrFN2O. The number of imidazole rings is 1. The summed E-state index contributed by atoms with van der Waals surface area (Å²) in [5.74, 6) is -0.172. The summed E-state index contributed by atoms with van der Waals surface area (Å²) in [6.07, 6.45) is 0.0680. The van der Waals surface area contributed by atoms with Crippen LogP contribution in [-0.2, 0) is 13.5 Å². The van der Waals surface area contributed by atoms with Crippen molar-refractivity contribution in [3.8, 4) is 0 Å². The molecule has 0 aliphatic carbocycles. The van der Waals surface area contributed by atoms with Gasteiger partial charge in [-0.3, -0.25) is 4.79 Å². The van der Waals surface area contributed by atoms with E-state index in [1.54, 1.807) is 6.07 Å². The molecular weight excluding hydrogens is 335 g/mol. The molecule has 0 aliphatic rings. The summed E-state index contributed by atoms with van der Waals surface area (Å²) in [5.41, 5.74) is 1.86. The molecule has 0 radical (unpaired) electrons. The first-order chi connectivity index (χ1) is 10.1. The number of hydrogen-bond acceptors (Lipinski definition) is 2. The van der Waals surface area contributed by atoms with Crippen molar-refractivity contribution in [1.29, 1.82) is 0 Å². The van der Waals surface area contributed by atoms with Crippen molar-refractivity contribution < 1.29 is 9.18 Å². The van der Waals surface area contributed by atoms with Gasteiger partial charge in [0, 0.05) is 11.5 Å². The number of rotatable bonds is 3. The molecule has 0 saturated carbocycles. The van der Waals surface area contributed by atoms with Gasteiger partial charge in [-0.15, -0.1) is 0 Å². The number of aryl methyl sites for hydroxylation is 1. The summed E-state index contributed by atoms with van der Waals surface area (Å²) in [6.45, 7) is 0. The molecule has 0 spiro atoms. The molecule has 0 bridgehead atoms. The van der Waals surface area contributed by atoms with Gasteiger partial charge >= 0.3 is 0 Å². The Hall–Kier alpha value is -2.01. The van der Waals surface area contributed by atoms with Crippen molar-refractivity contribution >= 4 is 32.7 Å². The second-order valence-corrected chi connectivity index (χ2v) is 5.72. The average Bonchev–Trinajstić information content (AvgIpc) is 2.78. The number of hydrogen-bond donors (Lipinski definition) is 0. The molecule has 106 valence electrons. The Balaban J connectivity index is 1.96. The van der Waals surface area contributed by atoms with Crippen LogP contribution in [0.4, 0.5) is 4.39 Å². The first-order valence-corrected chi connectivity index (χ1v) is 7.24. The van der Waals surface area contributed by atoms with Crippen LogP contribution in [0.2, 0.25) is 0 Å². The number of carbonyl (C=O) groups excluding carboxylic acids is 1. The fourth-order valence-corrected chi connectivity index (χ4v) is 2.66. The minimum atomic E-state index is -0.512. The monoisotopic (exact) mass is 346 g/mol. The summed E-state index contributed by atoms with van der Waals surface area (Å²) in [5, 5.41) is 0. The van der Waals surface area contributed by atoms with Gasteiger partial charge in [-0.05, 0) is 30.3 Å². The molecule has 3 aromatic rings. The van der Waals surface area contributed by atoms with Gasteiger partial charge < -0.3 is 4.57 Å². The lowest BCUT2D eigenvalue weighted by Crippen LogP contribution is -2.10. The van der Waals surface area contributed by atoms with Crippen LogP contribution in [0.5, 0.6) is 0 Å². The summed E-state index contributed by atoms with van der Waals surface area (Å²) in [7, 11) is 1.86. The van der Waals surface area contributed by atoms with Crippen LogP contribution < -0.4 is 0 Å². The van der Waals surface area contributed by atoms with E-state index >= 15 is 0 Å². The van der Waals surface area contributed by atoms with Crippen LogP contribution in [0.15, 0.2) is 46.9 Å². The summed E-state index contributed by atoms with van der Waals surface area (Å²) >= 11 is 3.25. The van der Waals surface area contributed by atoms with Crippen LogP contribution in [0.1, 0.15) is 16.2 Å². The lowest BCUT2D eigenvalue weighted by atomic mass is 10.1. The molecule has 1 aromatic heterocycles. The molecule has 0 unspecified atom stereocenters. The van der Waals surface area contributed by atoms with Gasteiger partial charge in [-0.25, -0.2) is 9.37 Å². The van der Waals surface area contributed by atoms with E-state index in [4.69, 9.17) is 0 Å². The Morgan fingerprint density at radius 1 is 1.29 bits per heavy atom. The smallest absolute Gasteiger partial charge is 0.173 e. The molecule has 5 heteroatoms. The van der Waals surface area contributed by atoms with E-state index in [0.717, 1.165) is 11.0 Å². The molecule has 0 fully saturated rings. The highest BCUT2D eigenvalue weighted by molar-refractivity contribution is 9.10. The molecule has 2 aromatic carbocycles. The van der Waals surface area contributed by atoms with Crippen LogP contribution in [0.3, 0.4) is 0 Å². The van der Waals surface area contributed by atoms with E-state index in [1.165, 1.54) is 12.1 Å². The number of Topliss-reactive ketones (excluding diaryl/α,β-unsaturated/α-hetero) is 1. The molecule has 0 N–H and O–H groups in total. The van der Waals surface area contributed by atoms with E-state index in [-0.39, 0.29) is 17.8 Å². The Kier molecular flexibility index (Phi) is 3.59. The third kappa shape index (κ3) is 2.61. The maximum atomic E-state index is 13.8. The number of fused-ring (bicyclic) bond motifs is 1. The van der Waals surface area contributed by atoms with Crippen molar-refractivity contribution in [1.82, 2.24) is 9.55 Å². The van der Waals surface area contributed by atoms with Crippen molar-refractivity contribution in [2.45, 2.75) is 6.42 Å². The molecule has 0 amide bonds. The Morgan fingerprint density at radius 3 is 2.81 bits per heavy atom. The number of halogens is 2. The third-order valence-corrected chi connectivity index (χ3v) is 3.92. The van der Waals surface area contributed by atoms with Crippen LogP contribution in [0, 0.1) is 5.82 Å². The van der Waals surface area contributed by atoms with Gasteiger partial charge in [-0.2, -0.15) is 0 Å². The van der Waals surface area contributed by atoms with Gasteiger partial charge in [0.1, 0.15) is 11.6 Å². The van der Waals surface area contributed by atoms with E-state index in [2.05, 4.69) is 20.9 Å². The van der Waals surface area contributed by atoms with E-state index < -0.39 is 5.82 Å². The van der Waals surface area contributed by atoms with E-state index in [1.807, 2.05) is 35.9 Å². The minimum absolute atomic E-state index is 0.0680. The highest BCUT2D eigenvalue weighted by Crippen LogP contribution is 2.19. The minimum Gasteiger partial charge on any atom is -0.331 e. The predicted octanol–water partition coefficient (Wildman–Crippen LogP) is 3.90. The summed E-state index contributed by atoms with van der Waals surface area (Å²) in [4.78, 5) is 16.7. The van der Waals surface area contributed by atoms with Crippen LogP contribution in [-0.4, -0.2) is 15.3 Å².